The van der Waals surface area contributed by atoms with Crippen LogP contribution >= 0.6 is 0 Å². The first-order valence-corrected chi connectivity index (χ1v) is 16.8. The molecule has 0 aliphatic carbocycles. The zero-order valence-electron chi connectivity index (χ0n) is 23.8. The number of methoxy groups -OCH3 is 1. The summed E-state index contributed by atoms with van der Waals surface area (Å²) in [5.41, 5.74) is 8.05. The maximum atomic E-state index is 14.4. The molecule has 2 aliphatic rings. The Bertz CT molecular complexity index is 1460. The van der Waals surface area contributed by atoms with Crippen LogP contribution in [0.2, 0.25) is 18.6 Å². The summed E-state index contributed by atoms with van der Waals surface area (Å²) in [6.07, 6.45) is -0.132. The maximum Gasteiger partial charge on any atom is 0.264 e. The SMILES string of the molecule is COc1ccc2c(c1)[C@]1(O[C@@H](CCO)[C@H]([Si](C)(C)O)[C@H]1C)C(=O)N2Cc1cccc(NC(=O)c2ccc(N)cc2)c1. The van der Waals surface area contributed by atoms with Crippen LogP contribution in [0.25, 0.3) is 0 Å². The lowest BCUT2D eigenvalue weighted by molar-refractivity contribution is -0.146. The Morgan fingerprint density at radius 2 is 1.88 bits per heavy atom. The molecule has 0 radical (unpaired) electrons. The summed E-state index contributed by atoms with van der Waals surface area (Å²) in [5, 5.41) is 12.7. The van der Waals surface area contributed by atoms with E-state index in [9.17, 15) is 19.5 Å². The summed E-state index contributed by atoms with van der Waals surface area (Å²) >= 11 is 0. The number of benzene rings is 3. The zero-order chi connectivity index (χ0) is 29.5. The molecule has 216 valence electrons. The number of hydrogen-bond donors (Lipinski definition) is 4. The van der Waals surface area contributed by atoms with Crippen molar-refractivity contribution in [1.82, 2.24) is 0 Å². The summed E-state index contributed by atoms with van der Waals surface area (Å²) in [4.78, 5) is 40.2. The number of aliphatic hydroxyl groups excluding tert-OH is 1. The minimum absolute atomic E-state index is 0.105. The highest BCUT2D eigenvalue weighted by molar-refractivity contribution is 6.71. The number of carbonyl (C=O) groups excluding carboxylic acids is 2. The predicted octanol–water partition coefficient (Wildman–Crippen LogP) is 4.26. The number of nitrogen functional groups attached to an aromatic ring is 1. The van der Waals surface area contributed by atoms with Gasteiger partial charge < -0.3 is 35.3 Å². The van der Waals surface area contributed by atoms with E-state index in [1.807, 2.05) is 56.4 Å². The smallest absolute Gasteiger partial charge is 0.264 e. The van der Waals surface area contributed by atoms with Crippen LogP contribution in [0, 0.1) is 5.92 Å². The van der Waals surface area contributed by atoms with Gasteiger partial charge in [0.1, 0.15) is 5.75 Å². The average molecular weight is 576 g/mol. The molecule has 5 N–H and O–H groups in total. The van der Waals surface area contributed by atoms with Gasteiger partial charge in [-0.1, -0.05) is 19.1 Å². The third-order valence-corrected chi connectivity index (χ3v) is 10.8. The fraction of sp³-hybridized carbons (Fsp3) is 0.355. The van der Waals surface area contributed by atoms with E-state index in [0.717, 1.165) is 5.56 Å². The fourth-order valence-corrected chi connectivity index (χ4v) is 9.11. The van der Waals surface area contributed by atoms with E-state index in [4.69, 9.17) is 15.2 Å². The lowest BCUT2D eigenvalue weighted by atomic mass is 9.82. The minimum Gasteiger partial charge on any atom is -0.497 e. The van der Waals surface area contributed by atoms with Gasteiger partial charge in [-0.05, 0) is 79.7 Å². The molecule has 0 bridgehead atoms. The quantitative estimate of drug-likeness (QED) is 0.233. The number of anilines is 3. The van der Waals surface area contributed by atoms with E-state index in [1.165, 1.54) is 0 Å². The fourth-order valence-electron chi connectivity index (χ4n) is 6.51. The Labute approximate surface area is 241 Å². The number of rotatable bonds is 8. The molecule has 41 heavy (non-hydrogen) atoms. The second-order valence-electron chi connectivity index (χ2n) is 11.4. The van der Waals surface area contributed by atoms with Crippen LogP contribution in [0.5, 0.6) is 5.75 Å². The van der Waals surface area contributed by atoms with Gasteiger partial charge in [0, 0.05) is 40.6 Å². The van der Waals surface area contributed by atoms with Crippen molar-refractivity contribution in [1.29, 1.82) is 0 Å². The zero-order valence-corrected chi connectivity index (χ0v) is 24.8. The van der Waals surface area contributed by atoms with Crippen LogP contribution < -0.4 is 20.7 Å². The number of ether oxygens (including phenoxy) is 2. The van der Waals surface area contributed by atoms with Crippen molar-refractivity contribution in [3.8, 4) is 5.75 Å². The van der Waals surface area contributed by atoms with E-state index in [-0.39, 0.29) is 36.4 Å². The Morgan fingerprint density at radius 3 is 2.54 bits per heavy atom. The molecule has 4 atom stereocenters. The lowest BCUT2D eigenvalue weighted by Crippen LogP contribution is -2.46. The van der Waals surface area contributed by atoms with Crippen molar-refractivity contribution in [2.45, 2.75) is 50.2 Å². The standard InChI is InChI=1S/C31H37N3O6Si/c1-19-28(41(3,4)38)27(14-15-35)40-31(19)25-17-24(39-2)12-13-26(25)34(30(31)37)18-20-6-5-7-23(16-20)33-29(36)21-8-10-22(32)11-9-21/h5-13,16-17,19,27-28,35,38H,14-15,18,32H2,1-4H3,(H,33,36)/t19-,27+,28-,31+/m1/s1. The molecule has 1 fully saturated rings. The van der Waals surface area contributed by atoms with Gasteiger partial charge in [0.2, 0.25) is 0 Å². The van der Waals surface area contributed by atoms with Crippen molar-refractivity contribution in [3.63, 3.8) is 0 Å². The molecule has 0 aromatic heterocycles. The number of nitrogens with one attached hydrogen (secondary N) is 1. The molecule has 2 aliphatic heterocycles. The Morgan fingerprint density at radius 1 is 1.15 bits per heavy atom. The largest absolute Gasteiger partial charge is 0.497 e. The molecular weight excluding hydrogens is 538 g/mol. The third kappa shape index (κ3) is 5.12. The number of aliphatic hydroxyl groups is 1. The first-order valence-electron chi connectivity index (χ1n) is 13.8. The van der Waals surface area contributed by atoms with Gasteiger partial charge in [-0.2, -0.15) is 0 Å². The normalized spacial score (nSPS) is 23.6. The Balaban J connectivity index is 1.48. The van der Waals surface area contributed by atoms with Crippen LogP contribution in [-0.4, -0.2) is 49.9 Å². The van der Waals surface area contributed by atoms with Crippen LogP contribution in [0.3, 0.4) is 0 Å². The monoisotopic (exact) mass is 575 g/mol. The highest BCUT2D eigenvalue weighted by Crippen LogP contribution is 2.60. The predicted molar refractivity (Wildman–Crippen MR) is 160 cm³/mol. The molecule has 10 heteroatoms. The molecule has 1 saturated heterocycles. The molecule has 3 aromatic carbocycles. The van der Waals surface area contributed by atoms with Crippen molar-refractivity contribution in [3.05, 3.63) is 83.4 Å². The number of carbonyl (C=O) groups is 2. The highest BCUT2D eigenvalue weighted by Gasteiger charge is 2.66. The van der Waals surface area contributed by atoms with E-state index in [0.29, 0.717) is 40.4 Å². The number of nitrogens with zero attached hydrogens (tertiary/aromatic N) is 1. The summed E-state index contributed by atoms with van der Waals surface area (Å²) in [7, 11) is -1.21. The number of nitrogens with two attached hydrogens (primary N) is 1. The first-order chi connectivity index (χ1) is 19.5. The molecule has 9 nitrogen and oxygen atoms in total. The van der Waals surface area contributed by atoms with Gasteiger partial charge in [0.25, 0.3) is 11.8 Å². The maximum absolute atomic E-state index is 14.4. The van der Waals surface area contributed by atoms with Crippen LogP contribution in [0.1, 0.15) is 34.8 Å². The summed E-state index contributed by atoms with van der Waals surface area (Å²) in [5.74, 6) is -0.211. The molecule has 1 spiro atoms. The van der Waals surface area contributed by atoms with Crippen molar-refractivity contribution >= 4 is 37.2 Å². The van der Waals surface area contributed by atoms with Gasteiger partial charge >= 0.3 is 0 Å². The second kappa shape index (κ2) is 10.9. The molecule has 0 saturated carbocycles. The number of fused-ring (bicyclic) bond motifs is 2. The van der Waals surface area contributed by atoms with Gasteiger partial charge in [-0.15, -0.1) is 0 Å². The number of hydrogen-bond acceptors (Lipinski definition) is 7. The van der Waals surface area contributed by atoms with E-state index in [2.05, 4.69) is 5.32 Å². The minimum atomic E-state index is -2.79. The average Bonchev–Trinajstić information content (AvgIpc) is 3.35. The first kappa shape index (κ1) is 28.8. The molecule has 0 unspecified atom stereocenters. The van der Waals surface area contributed by atoms with Gasteiger partial charge in [0.05, 0.1) is 25.4 Å². The summed E-state index contributed by atoms with van der Waals surface area (Å²) in [6, 6.07) is 19.6. The molecule has 5 rings (SSSR count). The Kier molecular flexibility index (Phi) is 7.69. The summed E-state index contributed by atoms with van der Waals surface area (Å²) in [6.45, 7) is 5.82. The van der Waals surface area contributed by atoms with Gasteiger partial charge in [-0.3, -0.25) is 9.59 Å². The van der Waals surface area contributed by atoms with Crippen LogP contribution in [-0.2, 0) is 21.7 Å². The molecule has 2 heterocycles. The topological polar surface area (TPSA) is 134 Å². The summed E-state index contributed by atoms with van der Waals surface area (Å²) < 4.78 is 12.2. The van der Waals surface area contributed by atoms with E-state index >= 15 is 0 Å². The van der Waals surface area contributed by atoms with Gasteiger partial charge in [0.15, 0.2) is 13.9 Å². The second-order valence-corrected chi connectivity index (χ2v) is 15.4. The highest BCUT2D eigenvalue weighted by atomic mass is 28.4. The Hall–Kier alpha value is -3.70. The third-order valence-electron chi connectivity index (χ3n) is 8.30. The lowest BCUT2D eigenvalue weighted by Gasteiger charge is -2.32. The van der Waals surface area contributed by atoms with Gasteiger partial charge in [-0.25, -0.2) is 0 Å². The van der Waals surface area contributed by atoms with Crippen molar-refractivity contribution in [2.24, 2.45) is 5.92 Å². The molecule has 3 aromatic rings. The van der Waals surface area contributed by atoms with Crippen molar-refractivity contribution < 1.29 is 29.0 Å². The van der Waals surface area contributed by atoms with E-state index < -0.39 is 20.0 Å². The van der Waals surface area contributed by atoms with Crippen molar-refractivity contribution in [2.75, 3.05) is 29.7 Å². The van der Waals surface area contributed by atoms with Crippen LogP contribution in [0.15, 0.2) is 66.7 Å². The molecule has 2 amide bonds. The molecular formula is C31H37N3O6Si. The van der Waals surface area contributed by atoms with E-state index in [1.54, 1.807) is 42.3 Å². The van der Waals surface area contributed by atoms with Crippen LogP contribution in [0.4, 0.5) is 17.1 Å². The number of amides is 2.